The number of hydrogen-bond acceptors (Lipinski definition) is 2. The smallest absolute Gasteiger partial charge is 0.254 e. The average molecular weight is 321 g/mol. The van der Waals surface area contributed by atoms with Crippen molar-refractivity contribution in [3.63, 3.8) is 0 Å². The van der Waals surface area contributed by atoms with Crippen molar-refractivity contribution in [1.29, 1.82) is 0 Å². The number of carbonyl (C=O) groups excluding carboxylic acids is 1. The van der Waals surface area contributed by atoms with Gasteiger partial charge in [-0.1, -0.05) is 43.4 Å². The molecule has 2 saturated carbocycles. The molecule has 0 aliphatic heterocycles. The lowest BCUT2D eigenvalue weighted by Gasteiger charge is -2.45. The summed E-state index contributed by atoms with van der Waals surface area (Å²) in [6, 6.07) is 5.18. The molecule has 3 rings (SSSR count). The zero-order chi connectivity index (χ0) is 15.6. The van der Waals surface area contributed by atoms with Gasteiger partial charge in [0.1, 0.15) is 0 Å². The maximum absolute atomic E-state index is 12.3. The van der Waals surface area contributed by atoms with Crippen molar-refractivity contribution in [3.05, 3.63) is 28.8 Å². The summed E-state index contributed by atoms with van der Waals surface area (Å²) in [6.45, 7) is 0.718. The van der Waals surface area contributed by atoms with Crippen molar-refractivity contribution >= 4 is 23.2 Å². The molecule has 0 spiro atoms. The van der Waals surface area contributed by atoms with Crippen LogP contribution >= 0.6 is 11.6 Å². The van der Waals surface area contributed by atoms with E-state index < -0.39 is 0 Å². The van der Waals surface area contributed by atoms with Crippen LogP contribution in [0.4, 0.5) is 5.69 Å². The highest BCUT2D eigenvalue weighted by Crippen LogP contribution is 2.50. The average Bonchev–Trinajstić information content (AvgIpc) is 2.47. The first-order valence-corrected chi connectivity index (χ1v) is 8.80. The van der Waals surface area contributed by atoms with Gasteiger partial charge in [-0.3, -0.25) is 4.79 Å². The van der Waals surface area contributed by atoms with Crippen LogP contribution in [0.15, 0.2) is 18.2 Å². The van der Waals surface area contributed by atoms with Crippen LogP contribution in [0.5, 0.6) is 0 Å². The summed E-state index contributed by atoms with van der Waals surface area (Å²) in [4.78, 5) is 12.3. The third-order valence-corrected chi connectivity index (χ3v) is 5.89. The molecule has 0 radical (unpaired) electrons. The maximum Gasteiger partial charge on any atom is 0.254 e. The minimum absolute atomic E-state index is 0.150. The van der Waals surface area contributed by atoms with E-state index in [1.54, 1.807) is 18.2 Å². The molecule has 0 atom stereocenters. The first-order chi connectivity index (χ1) is 10.6. The van der Waals surface area contributed by atoms with E-state index in [4.69, 9.17) is 17.3 Å². The second kappa shape index (κ2) is 6.49. The fraction of sp³-hybridized carbons (Fsp3) is 0.611. The molecule has 1 aromatic rings. The van der Waals surface area contributed by atoms with Gasteiger partial charge in [-0.2, -0.15) is 0 Å². The monoisotopic (exact) mass is 320 g/mol. The first kappa shape index (κ1) is 15.7. The highest BCUT2D eigenvalue weighted by Gasteiger charge is 2.38. The summed E-state index contributed by atoms with van der Waals surface area (Å²) in [6.07, 6.45) is 10.6. The van der Waals surface area contributed by atoms with Gasteiger partial charge >= 0.3 is 0 Å². The van der Waals surface area contributed by atoms with Crippen LogP contribution in [-0.2, 0) is 0 Å². The number of amides is 1. The molecule has 3 N–H and O–H groups in total. The predicted molar refractivity (Wildman–Crippen MR) is 91.1 cm³/mol. The number of hydrogen-bond donors (Lipinski definition) is 2. The predicted octanol–water partition coefficient (Wildman–Crippen LogP) is 4.40. The summed E-state index contributed by atoms with van der Waals surface area (Å²) in [7, 11) is 0. The molecule has 0 heterocycles. The molecule has 2 aliphatic carbocycles. The summed E-state index contributed by atoms with van der Waals surface area (Å²) in [5.74, 6) is 0.778. The Balaban J connectivity index is 1.58. The number of nitrogen functional groups attached to an aromatic ring is 1. The van der Waals surface area contributed by atoms with Crippen molar-refractivity contribution in [3.8, 4) is 0 Å². The third-order valence-electron chi connectivity index (χ3n) is 5.57. The summed E-state index contributed by atoms with van der Waals surface area (Å²) in [5, 5.41) is 3.44. The van der Waals surface area contributed by atoms with E-state index >= 15 is 0 Å². The van der Waals surface area contributed by atoms with Crippen molar-refractivity contribution in [1.82, 2.24) is 5.32 Å². The van der Waals surface area contributed by atoms with Crippen LogP contribution in [-0.4, -0.2) is 12.5 Å². The van der Waals surface area contributed by atoms with E-state index in [0.29, 0.717) is 21.7 Å². The van der Waals surface area contributed by atoms with Gasteiger partial charge in [0.25, 0.3) is 5.91 Å². The van der Waals surface area contributed by atoms with Gasteiger partial charge in [0.15, 0.2) is 0 Å². The second-order valence-electron chi connectivity index (χ2n) is 7.06. The van der Waals surface area contributed by atoms with Crippen LogP contribution in [0.3, 0.4) is 0 Å². The fourth-order valence-electron chi connectivity index (χ4n) is 4.48. The molecule has 3 nitrogen and oxygen atoms in total. The topological polar surface area (TPSA) is 55.1 Å². The van der Waals surface area contributed by atoms with Gasteiger partial charge in [0, 0.05) is 12.2 Å². The normalized spacial score (nSPS) is 27.4. The van der Waals surface area contributed by atoms with E-state index in [2.05, 4.69) is 5.32 Å². The first-order valence-electron chi connectivity index (χ1n) is 8.42. The number of benzene rings is 1. The lowest BCUT2D eigenvalue weighted by Crippen LogP contribution is -2.36. The number of nitrogens with one attached hydrogen (secondary N) is 1. The molecule has 4 heteroatoms. The molecule has 1 aromatic carbocycles. The Morgan fingerprint density at radius 1 is 1.32 bits per heavy atom. The van der Waals surface area contributed by atoms with Crippen LogP contribution in [0.2, 0.25) is 5.02 Å². The van der Waals surface area contributed by atoms with Crippen molar-refractivity contribution in [2.24, 2.45) is 11.3 Å². The van der Waals surface area contributed by atoms with Gasteiger partial charge in [0.05, 0.1) is 10.6 Å². The standard InChI is InChI=1S/C18H25ClN2O/c19-14-6-1-7-15(20)16(14)17(22)21-11-10-18-8-2-4-13(12-18)5-3-9-18/h1,6-7,13H,2-5,8-12,20H2,(H,21,22). The van der Waals surface area contributed by atoms with Crippen molar-refractivity contribution in [2.75, 3.05) is 12.3 Å². The molecule has 120 valence electrons. The Labute approximate surface area is 137 Å². The largest absolute Gasteiger partial charge is 0.398 e. The SMILES string of the molecule is Nc1cccc(Cl)c1C(=O)NCCC12CCCC(CCC1)C2. The lowest BCUT2D eigenvalue weighted by atomic mass is 9.61. The van der Waals surface area contributed by atoms with Crippen LogP contribution < -0.4 is 11.1 Å². The number of nitrogens with two attached hydrogens (primary N) is 1. The zero-order valence-corrected chi connectivity index (χ0v) is 13.8. The number of fused-ring (bicyclic) bond motifs is 2. The lowest BCUT2D eigenvalue weighted by molar-refractivity contribution is 0.0667. The molecule has 0 unspecified atom stereocenters. The fourth-order valence-corrected chi connectivity index (χ4v) is 4.75. The minimum atomic E-state index is -0.150. The number of carbonyl (C=O) groups is 1. The molecule has 2 aliphatic rings. The highest BCUT2D eigenvalue weighted by molar-refractivity contribution is 6.34. The van der Waals surface area contributed by atoms with Crippen molar-refractivity contribution in [2.45, 2.75) is 51.4 Å². The van der Waals surface area contributed by atoms with Gasteiger partial charge in [-0.15, -0.1) is 0 Å². The Hall–Kier alpha value is -1.22. The molecule has 2 fully saturated rings. The highest BCUT2D eigenvalue weighted by atomic mass is 35.5. The molecular formula is C18H25ClN2O. The van der Waals surface area contributed by atoms with E-state index in [0.717, 1.165) is 18.9 Å². The van der Waals surface area contributed by atoms with Gasteiger partial charge in [-0.05, 0) is 49.1 Å². The van der Waals surface area contributed by atoms with Crippen LogP contribution in [0.1, 0.15) is 61.7 Å². The molecule has 22 heavy (non-hydrogen) atoms. The zero-order valence-electron chi connectivity index (χ0n) is 13.0. The Morgan fingerprint density at radius 2 is 2.05 bits per heavy atom. The second-order valence-corrected chi connectivity index (χ2v) is 7.47. The van der Waals surface area contributed by atoms with E-state index in [1.807, 2.05) is 0 Å². The van der Waals surface area contributed by atoms with Crippen LogP contribution in [0.25, 0.3) is 0 Å². The number of halogens is 1. The molecule has 2 bridgehead atoms. The van der Waals surface area contributed by atoms with E-state index in [1.165, 1.54) is 44.9 Å². The summed E-state index contributed by atoms with van der Waals surface area (Å²) >= 11 is 6.09. The maximum atomic E-state index is 12.3. The summed E-state index contributed by atoms with van der Waals surface area (Å²) in [5.41, 5.74) is 7.20. The van der Waals surface area contributed by atoms with Gasteiger partial charge < -0.3 is 11.1 Å². The van der Waals surface area contributed by atoms with Gasteiger partial charge in [0.2, 0.25) is 0 Å². The van der Waals surface area contributed by atoms with Gasteiger partial charge in [-0.25, -0.2) is 0 Å². The minimum Gasteiger partial charge on any atom is -0.398 e. The molecule has 0 aromatic heterocycles. The van der Waals surface area contributed by atoms with E-state index in [-0.39, 0.29) is 5.91 Å². The van der Waals surface area contributed by atoms with E-state index in [9.17, 15) is 4.79 Å². The molecule has 1 amide bonds. The molecular weight excluding hydrogens is 296 g/mol. The number of rotatable bonds is 4. The number of anilines is 1. The van der Waals surface area contributed by atoms with Crippen molar-refractivity contribution < 1.29 is 4.79 Å². The summed E-state index contributed by atoms with van der Waals surface area (Å²) < 4.78 is 0. The molecule has 0 saturated heterocycles. The van der Waals surface area contributed by atoms with Crippen LogP contribution in [0, 0.1) is 11.3 Å². The quantitative estimate of drug-likeness (QED) is 0.808. The third kappa shape index (κ3) is 3.24. The Bertz CT molecular complexity index is 528. The Morgan fingerprint density at radius 3 is 2.73 bits per heavy atom. The Kier molecular flexibility index (Phi) is 4.62.